The number of nitrogens with zero attached hydrogens (tertiary/aromatic N) is 1. The Balaban J connectivity index is 2.92. The standard InChI is InChI=1S/C10H14N2O2S/c1-3-4-7-11-10-9(15(2,13)14)6-5-8-12-10/h3,5-6,8H,1,4,7H2,2H3,(H,11,12). The van der Waals surface area contributed by atoms with Gasteiger partial charge < -0.3 is 5.32 Å². The van der Waals surface area contributed by atoms with Crippen molar-refractivity contribution in [3.63, 3.8) is 0 Å². The first-order chi connectivity index (χ1) is 7.05. The van der Waals surface area contributed by atoms with Gasteiger partial charge >= 0.3 is 0 Å². The lowest BCUT2D eigenvalue weighted by Gasteiger charge is -2.07. The van der Waals surface area contributed by atoms with Crippen LogP contribution in [-0.2, 0) is 9.84 Å². The molecule has 0 atom stereocenters. The lowest BCUT2D eigenvalue weighted by Crippen LogP contribution is -2.08. The SMILES string of the molecule is C=CCCNc1ncccc1S(C)(=O)=O. The predicted molar refractivity (Wildman–Crippen MR) is 60.7 cm³/mol. The molecule has 1 heterocycles. The van der Waals surface area contributed by atoms with Crippen molar-refractivity contribution >= 4 is 15.7 Å². The zero-order chi connectivity index (χ0) is 11.3. The lowest BCUT2D eigenvalue weighted by atomic mass is 10.4. The number of hydrogen-bond acceptors (Lipinski definition) is 4. The third-order valence-corrected chi connectivity index (χ3v) is 2.94. The van der Waals surface area contributed by atoms with Crippen LogP contribution in [0.4, 0.5) is 5.82 Å². The van der Waals surface area contributed by atoms with E-state index in [1.165, 1.54) is 6.26 Å². The van der Waals surface area contributed by atoms with E-state index in [1.54, 1.807) is 24.4 Å². The average Bonchev–Trinajstić information content (AvgIpc) is 2.17. The Hall–Kier alpha value is -1.36. The van der Waals surface area contributed by atoms with Crippen molar-refractivity contribution in [3.05, 3.63) is 31.0 Å². The van der Waals surface area contributed by atoms with Gasteiger partial charge in [-0.1, -0.05) is 6.08 Å². The topological polar surface area (TPSA) is 59.1 Å². The molecule has 0 aliphatic carbocycles. The molecule has 1 rings (SSSR count). The van der Waals surface area contributed by atoms with E-state index < -0.39 is 9.84 Å². The highest BCUT2D eigenvalue weighted by molar-refractivity contribution is 7.90. The maximum absolute atomic E-state index is 11.4. The Morgan fingerprint density at radius 3 is 2.93 bits per heavy atom. The molecule has 0 aliphatic heterocycles. The Morgan fingerprint density at radius 1 is 1.60 bits per heavy atom. The molecule has 15 heavy (non-hydrogen) atoms. The molecule has 82 valence electrons. The molecule has 4 nitrogen and oxygen atoms in total. The van der Waals surface area contributed by atoms with E-state index in [4.69, 9.17) is 0 Å². The summed E-state index contributed by atoms with van der Waals surface area (Å²) in [4.78, 5) is 4.22. The second-order valence-corrected chi connectivity index (χ2v) is 5.11. The molecule has 1 aromatic rings. The van der Waals surface area contributed by atoms with E-state index in [9.17, 15) is 8.42 Å². The molecule has 0 bridgehead atoms. The molecule has 0 fully saturated rings. The van der Waals surface area contributed by atoms with Crippen molar-refractivity contribution in [3.8, 4) is 0 Å². The number of hydrogen-bond donors (Lipinski definition) is 1. The zero-order valence-electron chi connectivity index (χ0n) is 8.60. The molecular weight excluding hydrogens is 212 g/mol. The molecular formula is C10H14N2O2S. The van der Waals surface area contributed by atoms with Gasteiger partial charge in [-0.25, -0.2) is 13.4 Å². The van der Waals surface area contributed by atoms with Gasteiger partial charge in [-0.3, -0.25) is 0 Å². The zero-order valence-corrected chi connectivity index (χ0v) is 9.42. The van der Waals surface area contributed by atoms with Crippen molar-refractivity contribution in [2.75, 3.05) is 18.1 Å². The van der Waals surface area contributed by atoms with E-state index in [0.717, 1.165) is 6.42 Å². The normalized spacial score (nSPS) is 11.0. The first-order valence-electron chi connectivity index (χ1n) is 4.55. The summed E-state index contributed by atoms with van der Waals surface area (Å²) >= 11 is 0. The van der Waals surface area contributed by atoms with Crippen molar-refractivity contribution in [1.82, 2.24) is 4.98 Å². The van der Waals surface area contributed by atoms with Crippen LogP contribution in [0.25, 0.3) is 0 Å². The predicted octanol–water partition coefficient (Wildman–Crippen LogP) is 1.47. The minimum absolute atomic E-state index is 0.231. The number of aromatic nitrogens is 1. The van der Waals surface area contributed by atoms with Crippen LogP contribution in [-0.4, -0.2) is 26.2 Å². The maximum Gasteiger partial charge on any atom is 0.179 e. The van der Waals surface area contributed by atoms with Gasteiger partial charge in [0.05, 0.1) is 0 Å². The molecule has 0 saturated carbocycles. The van der Waals surface area contributed by atoms with Crippen LogP contribution in [0.3, 0.4) is 0 Å². The minimum Gasteiger partial charge on any atom is -0.369 e. The maximum atomic E-state index is 11.4. The summed E-state index contributed by atoms with van der Waals surface area (Å²) in [6.45, 7) is 4.21. The summed E-state index contributed by atoms with van der Waals surface area (Å²) in [6.07, 6.45) is 5.25. The van der Waals surface area contributed by atoms with Gasteiger partial charge in [-0.05, 0) is 18.6 Å². The van der Waals surface area contributed by atoms with Gasteiger partial charge in [0.2, 0.25) is 0 Å². The van der Waals surface area contributed by atoms with Gasteiger partial charge in [0.1, 0.15) is 10.7 Å². The second-order valence-electron chi connectivity index (χ2n) is 3.13. The summed E-state index contributed by atoms with van der Waals surface area (Å²) < 4.78 is 22.8. The van der Waals surface area contributed by atoms with Gasteiger partial charge in [0.15, 0.2) is 9.84 Å². The second kappa shape index (κ2) is 4.93. The smallest absolute Gasteiger partial charge is 0.179 e. The van der Waals surface area contributed by atoms with E-state index in [1.807, 2.05) is 0 Å². The third-order valence-electron chi connectivity index (χ3n) is 1.81. The molecule has 1 aromatic heterocycles. The van der Waals surface area contributed by atoms with Crippen LogP contribution in [0, 0.1) is 0 Å². The van der Waals surface area contributed by atoms with Crippen LogP contribution >= 0.6 is 0 Å². The van der Waals surface area contributed by atoms with Crippen molar-refractivity contribution in [2.45, 2.75) is 11.3 Å². The highest BCUT2D eigenvalue weighted by Crippen LogP contribution is 2.17. The van der Waals surface area contributed by atoms with Gasteiger partial charge in [-0.15, -0.1) is 6.58 Å². The van der Waals surface area contributed by atoms with Crippen LogP contribution in [0.1, 0.15) is 6.42 Å². The fourth-order valence-corrected chi connectivity index (χ4v) is 1.92. The lowest BCUT2D eigenvalue weighted by molar-refractivity contribution is 0.602. The van der Waals surface area contributed by atoms with Gasteiger partial charge in [0.25, 0.3) is 0 Å². The number of anilines is 1. The first-order valence-corrected chi connectivity index (χ1v) is 6.44. The Morgan fingerprint density at radius 2 is 2.33 bits per heavy atom. The van der Waals surface area contributed by atoms with E-state index >= 15 is 0 Å². The third kappa shape index (κ3) is 3.36. The number of rotatable bonds is 5. The Bertz CT molecular complexity index is 440. The van der Waals surface area contributed by atoms with Crippen molar-refractivity contribution < 1.29 is 8.42 Å². The fraction of sp³-hybridized carbons (Fsp3) is 0.300. The molecule has 0 unspecified atom stereocenters. The summed E-state index contributed by atoms with van der Waals surface area (Å²) in [5.41, 5.74) is 0. The number of pyridine rings is 1. The largest absolute Gasteiger partial charge is 0.369 e. The Kier molecular flexibility index (Phi) is 3.85. The van der Waals surface area contributed by atoms with Crippen molar-refractivity contribution in [2.24, 2.45) is 0 Å². The van der Waals surface area contributed by atoms with Crippen LogP contribution in [0.5, 0.6) is 0 Å². The van der Waals surface area contributed by atoms with Gasteiger partial charge in [0, 0.05) is 19.0 Å². The van der Waals surface area contributed by atoms with Gasteiger partial charge in [-0.2, -0.15) is 0 Å². The number of sulfone groups is 1. The first kappa shape index (κ1) is 11.7. The monoisotopic (exact) mass is 226 g/mol. The molecule has 0 saturated heterocycles. The summed E-state index contributed by atoms with van der Waals surface area (Å²) in [5.74, 6) is 0.404. The van der Waals surface area contributed by atoms with E-state index in [2.05, 4.69) is 16.9 Å². The highest BCUT2D eigenvalue weighted by Gasteiger charge is 2.12. The molecule has 0 amide bonds. The molecule has 0 aliphatic rings. The summed E-state index contributed by atoms with van der Waals surface area (Å²) in [5, 5.41) is 2.96. The summed E-state index contributed by atoms with van der Waals surface area (Å²) in [7, 11) is -3.22. The molecule has 5 heteroatoms. The van der Waals surface area contributed by atoms with Crippen LogP contribution < -0.4 is 5.32 Å². The van der Waals surface area contributed by atoms with E-state index in [-0.39, 0.29) is 4.90 Å². The van der Waals surface area contributed by atoms with Crippen LogP contribution in [0.2, 0.25) is 0 Å². The van der Waals surface area contributed by atoms with Crippen molar-refractivity contribution in [1.29, 1.82) is 0 Å². The number of nitrogens with one attached hydrogen (secondary N) is 1. The fourth-order valence-electron chi connectivity index (χ4n) is 1.12. The van der Waals surface area contributed by atoms with E-state index in [0.29, 0.717) is 12.4 Å². The summed E-state index contributed by atoms with van der Waals surface area (Å²) in [6, 6.07) is 3.15. The minimum atomic E-state index is -3.22. The quantitative estimate of drug-likeness (QED) is 0.610. The van der Waals surface area contributed by atoms with Crippen LogP contribution in [0.15, 0.2) is 35.9 Å². The average molecular weight is 226 g/mol. The highest BCUT2D eigenvalue weighted by atomic mass is 32.2. The molecule has 0 aromatic carbocycles. The Labute approximate surface area is 90.0 Å². The molecule has 1 N–H and O–H groups in total. The molecule has 0 spiro atoms. The molecule has 0 radical (unpaired) electrons.